The van der Waals surface area contributed by atoms with E-state index in [-0.39, 0.29) is 5.82 Å². The number of nitrogens with one attached hydrogen (secondary N) is 1. The molecule has 1 atom stereocenters. The zero-order chi connectivity index (χ0) is 12.4. The number of rotatable bonds is 3. The molecular formula is C15H19FN2. The Labute approximate surface area is 107 Å². The second kappa shape index (κ2) is 5.11. The molecule has 1 aliphatic heterocycles. The van der Waals surface area contributed by atoms with Crippen molar-refractivity contribution in [2.75, 3.05) is 6.54 Å². The molecule has 18 heavy (non-hydrogen) atoms. The van der Waals surface area contributed by atoms with Gasteiger partial charge in [-0.15, -0.1) is 0 Å². The largest absolute Gasteiger partial charge is 0.347 e. The first-order chi connectivity index (χ1) is 8.83. The van der Waals surface area contributed by atoms with Crippen molar-refractivity contribution < 1.29 is 4.39 Å². The van der Waals surface area contributed by atoms with Crippen LogP contribution in [0.2, 0.25) is 0 Å². The van der Waals surface area contributed by atoms with E-state index >= 15 is 0 Å². The molecule has 0 saturated carbocycles. The Hall–Kier alpha value is -1.35. The van der Waals surface area contributed by atoms with Gasteiger partial charge in [-0.25, -0.2) is 4.39 Å². The molecule has 3 rings (SSSR count). The molecule has 1 fully saturated rings. The first kappa shape index (κ1) is 11.7. The number of fused-ring (bicyclic) bond motifs is 1. The second-order valence-corrected chi connectivity index (χ2v) is 5.15. The van der Waals surface area contributed by atoms with Crippen molar-refractivity contribution >= 4 is 10.9 Å². The predicted molar refractivity (Wildman–Crippen MR) is 72.2 cm³/mol. The number of hydrogen-bond acceptors (Lipinski definition) is 1. The van der Waals surface area contributed by atoms with E-state index in [2.05, 4.69) is 22.1 Å². The summed E-state index contributed by atoms with van der Waals surface area (Å²) in [7, 11) is 0. The maximum absolute atomic E-state index is 13.3. The van der Waals surface area contributed by atoms with Crippen molar-refractivity contribution in [1.29, 1.82) is 0 Å². The highest BCUT2D eigenvalue weighted by Crippen LogP contribution is 2.19. The summed E-state index contributed by atoms with van der Waals surface area (Å²) in [6, 6.07) is 7.69. The normalized spacial score (nSPS) is 20.4. The third kappa shape index (κ3) is 2.41. The van der Waals surface area contributed by atoms with Crippen LogP contribution in [0.1, 0.15) is 25.7 Å². The number of halogens is 1. The van der Waals surface area contributed by atoms with Gasteiger partial charge < -0.3 is 9.88 Å². The number of piperidine rings is 1. The smallest absolute Gasteiger partial charge is 0.125 e. The highest BCUT2D eigenvalue weighted by Gasteiger charge is 2.12. The van der Waals surface area contributed by atoms with Gasteiger partial charge in [0.05, 0.1) is 5.52 Å². The summed E-state index contributed by atoms with van der Waals surface area (Å²) in [6.45, 7) is 2.11. The van der Waals surface area contributed by atoms with Crippen LogP contribution in [0.5, 0.6) is 0 Å². The summed E-state index contributed by atoms with van der Waals surface area (Å²) in [5, 5.41) is 4.67. The lowest BCUT2D eigenvalue weighted by molar-refractivity contribution is 0.368. The van der Waals surface area contributed by atoms with Crippen LogP contribution in [-0.4, -0.2) is 17.2 Å². The second-order valence-electron chi connectivity index (χ2n) is 5.15. The molecule has 2 heterocycles. The lowest BCUT2D eigenvalue weighted by Gasteiger charge is -2.23. The van der Waals surface area contributed by atoms with Gasteiger partial charge in [-0.1, -0.05) is 6.42 Å². The van der Waals surface area contributed by atoms with E-state index in [9.17, 15) is 4.39 Å². The first-order valence-electron chi connectivity index (χ1n) is 6.81. The van der Waals surface area contributed by atoms with Crippen molar-refractivity contribution in [1.82, 2.24) is 9.88 Å². The number of aryl methyl sites for hydroxylation is 1. The lowest BCUT2D eigenvalue weighted by atomic mass is 10.0. The standard InChI is InChI=1S/C15H19FN2/c16-13-5-4-12-6-9-18(15(12)11-13)10-7-14-3-1-2-8-17-14/h4-6,9,11,14,17H,1-3,7-8,10H2. The fourth-order valence-corrected chi connectivity index (χ4v) is 2.82. The highest BCUT2D eigenvalue weighted by molar-refractivity contribution is 5.80. The Kier molecular flexibility index (Phi) is 3.33. The van der Waals surface area contributed by atoms with E-state index < -0.39 is 0 Å². The molecule has 0 amide bonds. The first-order valence-corrected chi connectivity index (χ1v) is 6.81. The fourth-order valence-electron chi connectivity index (χ4n) is 2.82. The van der Waals surface area contributed by atoms with Crippen LogP contribution in [0, 0.1) is 5.82 Å². The van der Waals surface area contributed by atoms with Gasteiger partial charge in [-0.05, 0) is 55.5 Å². The average molecular weight is 246 g/mol. The van der Waals surface area contributed by atoms with Crippen LogP contribution >= 0.6 is 0 Å². The van der Waals surface area contributed by atoms with Gasteiger partial charge in [-0.3, -0.25) is 0 Å². The minimum atomic E-state index is -0.154. The summed E-state index contributed by atoms with van der Waals surface area (Å²) in [4.78, 5) is 0. The molecule has 0 spiro atoms. The Morgan fingerprint density at radius 3 is 3.06 bits per heavy atom. The van der Waals surface area contributed by atoms with Crippen LogP contribution in [0.15, 0.2) is 30.5 Å². The fraction of sp³-hybridized carbons (Fsp3) is 0.467. The summed E-state index contributed by atoms with van der Waals surface area (Å²) in [5.41, 5.74) is 1.01. The molecule has 1 unspecified atom stereocenters. The van der Waals surface area contributed by atoms with Gasteiger partial charge in [0.2, 0.25) is 0 Å². The zero-order valence-electron chi connectivity index (χ0n) is 10.5. The minimum Gasteiger partial charge on any atom is -0.347 e. The molecule has 0 aliphatic carbocycles. The maximum Gasteiger partial charge on any atom is 0.125 e. The van der Waals surface area contributed by atoms with Gasteiger partial charge in [0.25, 0.3) is 0 Å². The van der Waals surface area contributed by atoms with Gasteiger partial charge in [0, 0.05) is 18.8 Å². The number of aromatic nitrogens is 1. The van der Waals surface area contributed by atoms with Gasteiger partial charge in [0.1, 0.15) is 5.82 Å². The van der Waals surface area contributed by atoms with Crippen molar-refractivity contribution in [2.45, 2.75) is 38.3 Å². The predicted octanol–water partition coefficient (Wildman–Crippen LogP) is 3.31. The summed E-state index contributed by atoms with van der Waals surface area (Å²) < 4.78 is 15.4. The molecule has 1 saturated heterocycles. The monoisotopic (exact) mass is 246 g/mol. The van der Waals surface area contributed by atoms with E-state index in [4.69, 9.17) is 0 Å². The number of hydrogen-bond donors (Lipinski definition) is 1. The van der Waals surface area contributed by atoms with Crippen LogP contribution in [0.25, 0.3) is 10.9 Å². The Morgan fingerprint density at radius 1 is 1.28 bits per heavy atom. The molecule has 1 N–H and O–H groups in total. The van der Waals surface area contributed by atoms with Crippen LogP contribution in [-0.2, 0) is 6.54 Å². The van der Waals surface area contributed by atoms with Crippen molar-refractivity contribution in [3.63, 3.8) is 0 Å². The van der Waals surface area contributed by atoms with E-state index in [0.717, 1.165) is 30.4 Å². The Bertz CT molecular complexity index is 526. The van der Waals surface area contributed by atoms with E-state index in [0.29, 0.717) is 6.04 Å². The Balaban J connectivity index is 1.72. The lowest BCUT2D eigenvalue weighted by Crippen LogP contribution is -2.34. The molecule has 3 heteroatoms. The topological polar surface area (TPSA) is 17.0 Å². The van der Waals surface area contributed by atoms with Crippen molar-refractivity contribution in [3.05, 3.63) is 36.3 Å². The molecular weight excluding hydrogens is 227 g/mol. The summed E-state index contributed by atoms with van der Waals surface area (Å²) in [5.74, 6) is -0.154. The van der Waals surface area contributed by atoms with Gasteiger partial charge in [-0.2, -0.15) is 0 Å². The SMILES string of the molecule is Fc1ccc2ccn(CCC3CCCCN3)c2c1. The maximum atomic E-state index is 13.3. The number of benzene rings is 1. The van der Waals surface area contributed by atoms with Crippen molar-refractivity contribution in [2.24, 2.45) is 0 Å². The third-order valence-corrected chi connectivity index (χ3v) is 3.87. The molecule has 1 aromatic heterocycles. The molecule has 2 aromatic rings. The van der Waals surface area contributed by atoms with E-state index in [1.165, 1.54) is 25.3 Å². The zero-order valence-corrected chi connectivity index (χ0v) is 10.5. The van der Waals surface area contributed by atoms with Crippen molar-refractivity contribution in [3.8, 4) is 0 Å². The van der Waals surface area contributed by atoms with Gasteiger partial charge >= 0.3 is 0 Å². The molecule has 0 bridgehead atoms. The van der Waals surface area contributed by atoms with Crippen LogP contribution < -0.4 is 5.32 Å². The van der Waals surface area contributed by atoms with Crippen LogP contribution in [0.3, 0.4) is 0 Å². The molecule has 0 radical (unpaired) electrons. The highest BCUT2D eigenvalue weighted by atomic mass is 19.1. The molecule has 2 nitrogen and oxygen atoms in total. The van der Waals surface area contributed by atoms with Crippen LogP contribution in [0.4, 0.5) is 4.39 Å². The minimum absolute atomic E-state index is 0.154. The van der Waals surface area contributed by atoms with E-state index in [1.807, 2.05) is 6.07 Å². The van der Waals surface area contributed by atoms with E-state index in [1.54, 1.807) is 6.07 Å². The van der Waals surface area contributed by atoms with Gasteiger partial charge in [0.15, 0.2) is 0 Å². The third-order valence-electron chi connectivity index (χ3n) is 3.87. The summed E-state index contributed by atoms with van der Waals surface area (Å²) >= 11 is 0. The number of nitrogens with zero attached hydrogens (tertiary/aromatic N) is 1. The molecule has 1 aliphatic rings. The Morgan fingerprint density at radius 2 is 2.22 bits per heavy atom. The average Bonchev–Trinajstić information content (AvgIpc) is 2.80. The molecule has 96 valence electrons. The summed E-state index contributed by atoms with van der Waals surface area (Å²) in [6.07, 6.45) is 7.09. The molecule has 1 aromatic carbocycles. The quantitative estimate of drug-likeness (QED) is 0.879.